The van der Waals surface area contributed by atoms with Gasteiger partial charge in [-0.25, -0.2) is 0 Å². The molecule has 1 fully saturated rings. The number of likely N-dealkylation sites (tertiary alicyclic amines) is 1. The maximum absolute atomic E-state index is 12.1. The van der Waals surface area contributed by atoms with Gasteiger partial charge in [0, 0.05) is 36.5 Å². The predicted octanol–water partition coefficient (Wildman–Crippen LogP) is 1.94. The molecule has 0 spiro atoms. The van der Waals surface area contributed by atoms with Crippen LogP contribution in [0.15, 0.2) is 12.1 Å². The van der Waals surface area contributed by atoms with Crippen molar-refractivity contribution in [1.29, 1.82) is 0 Å². The van der Waals surface area contributed by atoms with Gasteiger partial charge in [-0.3, -0.25) is 9.59 Å². The minimum absolute atomic E-state index is 0. The van der Waals surface area contributed by atoms with Crippen molar-refractivity contribution in [1.82, 2.24) is 10.2 Å². The summed E-state index contributed by atoms with van der Waals surface area (Å²) < 4.78 is 0. The normalized spacial score (nSPS) is 16.8. The monoisotopic (exact) mass is 345 g/mol. The Kier molecular flexibility index (Phi) is 7.32. The molecule has 0 aromatic carbocycles. The number of carbonyl (C=O) groups excluding carboxylic acids is 2. The molecular weight excluding hydrogens is 322 g/mol. The molecule has 1 aromatic rings. The minimum atomic E-state index is -0.100. The molecule has 1 saturated heterocycles. The Morgan fingerprint density at radius 3 is 2.55 bits per heavy atom. The van der Waals surface area contributed by atoms with E-state index >= 15 is 0 Å². The summed E-state index contributed by atoms with van der Waals surface area (Å²) >= 11 is 1.51. The van der Waals surface area contributed by atoms with Crippen LogP contribution in [0.4, 0.5) is 0 Å². The summed E-state index contributed by atoms with van der Waals surface area (Å²) in [7, 11) is 0. The molecule has 1 aliphatic heterocycles. The number of halogens is 1. The van der Waals surface area contributed by atoms with E-state index in [9.17, 15) is 9.59 Å². The summed E-state index contributed by atoms with van der Waals surface area (Å²) in [6.07, 6.45) is 2.01. The molecule has 22 heavy (non-hydrogen) atoms. The molecule has 0 radical (unpaired) electrons. The number of aryl methyl sites for hydroxylation is 1. The second-order valence-corrected chi connectivity index (χ2v) is 7.01. The lowest BCUT2D eigenvalue weighted by atomic mass is 10.0. The third-order valence-electron chi connectivity index (χ3n) is 3.64. The molecule has 3 N–H and O–H groups in total. The van der Waals surface area contributed by atoms with E-state index in [1.807, 2.05) is 30.9 Å². The molecule has 0 aliphatic carbocycles. The van der Waals surface area contributed by atoms with Crippen molar-refractivity contribution in [2.24, 2.45) is 5.73 Å². The van der Waals surface area contributed by atoms with Gasteiger partial charge in [-0.2, -0.15) is 0 Å². The number of piperidine rings is 1. The van der Waals surface area contributed by atoms with E-state index in [2.05, 4.69) is 5.32 Å². The maximum Gasteiger partial charge on any atom is 0.261 e. The Morgan fingerprint density at radius 1 is 1.41 bits per heavy atom. The highest BCUT2D eigenvalue weighted by atomic mass is 35.5. The van der Waals surface area contributed by atoms with Gasteiger partial charge in [0.15, 0.2) is 0 Å². The second-order valence-electron chi connectivity index (χ2n) is 5.72. The number of rotatable bonds is 4. The van der Waals surface area contributed by atoms with Gasteiger partial charge in [0.2, 0.25) is 5.91 Å². The highest BCUT2D eigenvalue weighted by Crippen LogP contribution is 2.17. The van der Waals surface area contributed by atoms with Crippen molar-refractivity contribution in [3.05, 3.63) is 21.9 Å². The summed E-state index contributed by atoms with van der Waals surface area (Å²) in [5.41, 5.74) is 5.66. The van der Waals surface area contributed by atoms with Crippen molar-refractivity contribution in [2.45, 2.75) is 45.2 Å². The molecule has 1 aliphatic rings. The summed E-state index contributed by atoms with van der Waals surface area (Å²) in [5, 5.41) is 3.06. The third kappa shape index (κ3) is 5.26. The molecule has 1 unspecified atom stereocenters. The molecule has 1 atom stereocenters. The zero-order valence-corrected chi connectivity index (χ0v) is 14.6. The van der Waals surface area contributed by atoms with Gasteiger partial charge in [0.05, 0.1) is 4.88 Å². The Bertz CT molecular complexity index is 511. The molecule has 1 aromatic heterocycles. The van der Waals surface area contributed by atoms with Crippen LogP contribution in [-0.2, 0) is 4.79 Å². The Morgan fingerprint density at radius 2 is 2.05 bits per heavy atom. The van der Waals surface area contributed by atoms with E-state index in [-0.39, 0.29) is 36.3 Å². The van der Waals surface area contributed by atoms with Gasteiger partial charge in [-0.05, 0) is 38.8 Å². The van der Waals surface area contributed by atoms with Crippen LogP contribution in [0.25, 0.3) is 0 Å². The average Bonchev–Trinajstić information content (AvgIpc) is 2.85. The fraction of sp³-hybridized carbons (Fsp3) is 0.600. The standard InChI is InChI=1S/C15H23N3O2S.ClH/c1-10(16)9-14(19)18-7-5-12(6-8-18)17-15(20)13-4-3-11(2)21-13;/h3-4,10,12H,5-9,16H2,1-2H3,(H,17,20);1H. The Balaban J connectivity index is 0.00000242. The lowest BCUT2D eigenvalue weighted by Gasteiger charge is -2.32. The number of hydrogen-bond acceptors (Lipinski definition) is 4. The third-order valence-corrected chi connectivity index (χ3v) is 4.64. The molecule has 2 rings (SSSR count). The van der Waals surface area contributed by atoms with Crippen LogP contribution in [0.5, 0.6) is 0 Å². The highest BCUT2D eigenvalue weighted by molar-refractivity contribution is 7.13. The number of amides is 2. The van der Waals surface area contributed by atoms with Crippen LogP contribution in [0.3, 0.4) is 0 Å². The van der Waals surface area contributed by atoms with E-state index in [1.165, 1.54) is 11.3 Å². The van der Waals surface area contributed by atoms with Crippen LogP contribution in [0, 0.1) is 6.92 Å². The van der Waals surface area contributed by atoms with Gasteiger partial charge in [-0.1, -0.05) is 0 Å². The fourth-order valence-electron chi connectivity index (χ4n) is 2.49. The number of carbonyl (C=O) groups is 2. The predicted molar refractivity (Wildman–Crippen MR) is 91.6 cm³/mol. The van der Waals surface area contributed by atoms with Crippen molar-refractivity contribution in [3.8, 4) is 0 Å². The van der Waals surface area contributed by atoms with Gasteiger partial charge >= 0.3 is 0 Å². The number of thiophene rings is 1. The van der Waals surface area contributed by atoms with Gasteiger partial charge in [0.1, 0.15) is 0 Å². The highest BCUT2D eigenvalue weighted by Gasteiger charge is 2.24. The molecular formula is C15H24ClN3O2S. The first kappa shape index (κ1) is 18.9. The summed E-state index contributed by atoms with van der Waals surface area (Å²) in [6, 6.07) is 3.86. The average molecular weight is 346 g/mol. The molecule has 7 heteroatoms. The van der Waals surface area contributed by atoms with Crippen molar-refractivity contribution >= 4 is 35.6 Å². The SMILES string of the molecule is Cc1ccc(C(=O)NC2CCN(C(=O)CC(C)N)CC2)s1.Cl. The first-order chi connectivity index (χ1) is 9.95. The van der Waals surface area contributed by atoms with E-state index < -0.39 is 0 Å². The Labute approximate surface area is 141 Å². The van der Waals surface area contributed by atoms with Crippen LogP contribution in [0.2, 0.25) is 0 Å². The van der Waals surface area contributed by atoms with Crippen LogP contribution >= 0.6 is 23.7 Å². The topological polar surface area (TPSA) is 75.4 Å². The first-order valence-electron chi connectivity index (χ1n) is 7.36. The second kappa shape index (κ2) is 8.50. The number of nitrogens with two attached hydrogens (primary N) is 1. The van der Waals surface area contributed by atoms with Crippen LogP contribution in [0.1, 0.15) is 40.7 Å². The molecule has 124 valence electrons. The first-order valence-corrected chi connectivity index (χ1v) is 8.18. The smallest absolute Gasteiger partial charge is 0.261 e. The van der Waals surface area contributed by atoms with E-state index in [0.717, 1.165) is 22.6 Å². The summed E-state index contributed by atoms with van der Waals surface area (Å²) in [6.45, 7) is 5.22. The van der Waals surface area contributed by atoms with Gasteiger partial charge in [-0.15, -0.1) is 23.7 Å². The zero-order valence-electron chi connectivity index (χ0n) is 13.0. The van der Waals surface area contributed by atoms with E-state index in [4.69, 9.17) is 5.73 Å². The van der Waals surface area contributed by atoms with Crippen LogP contribution < -0.4 is 11.1 Å². The number of hydrogen-bond donors (Lipinski definition) is 2. The molecule has 2 amide bonds. The largest absolute Gasteiger partial charge is 0.348 e. The summed E-state index contributed by atoms with van der Waals surface area (Å²) in [4.78, 5) is 27.7. The van der Waals surface area contributed by atoms with E-state index in [0.29, 0.717) is 19.5 Å². The molecule has 0 saturated carbocycles. The summed E-state index contributed by atoms with van der Waals surface area (Å²) in [5.74, 6) is 0.108. The zero-order chi connectivity index (χ0) is 15.4. The van der Waals surface area contributed by atoms with Gasteiger partial charge in [0.25, 0.3) is 5.91 Å². The van der Waals surface area contributed by atoms with Crippen LogP contribution in [-0.4, -0.2) is 41.9 Å². The fourth-order valence-corrected chi connectivity index (χ4v) is 3.26. The van der Waals surface area contributed by atoms with Crippen molar-refractivity contribution in [2.75, 3.05) is 13.1 Å². The maximum atomic E-state index is 12.1. The van der Waals surface area contributed by atoms with Crippen molar-refractivity contribution < 1.29 is 9.59 Å². The Hall–Kier alpha value is -1.11. The number of nitrogens with zero attached hydrogens (tertiary/aromatic N) is 1. The number of nitrogens with one attached hydrogen (secondary N) is 1. The van der Waals surface area contributed by atoms with Gasteiger partial charge < -0.3 is 16.0 Å². The van der Waals surface area contributed by atoms with Crippen molar-refractivity contribution in [3.63, 3.8) is 0 Å². The quantitative estimate of drug-likeness (QED) is 0.875. The lowest BCUT2D eigenvalue weighted by molar-refractivity contribution is -0.132. The van der Waals surface area contributed by atoms with E-state index in [1.54, 1.807) is 0 Å². The lowest BCUT2D eigenvalue weighted by Crippen LogP contribution is -2.47. The minimum Gasteiger partial charge on any atom is -0.348 e. The molecule has 0 bridgehead atoms. The molecule has 5 nitrogen and oxygen atoms in total. The molecule has 2 heterocycles.